The Kier molecular flexibility index (Phi) is 5.37. The Bertz CT molecular complexity index is 514. The number of ether oxygens (including phenoxy) is 2. The van der Waals surface area contributed by atoms with Gasteiger partial charge in [0, 0.05) is 18.3 Å². The number of nitrogens with zero attached hydrogens (tertiary/aromatic N) is 1. The lowest BCUT2D eigenvalue weighted by atomic mass is 10.1. The second kappa shape index (κ2) is 6.74. The van der Waals surface area contributed by atoms with Crippen molar-refractivity contribution in [3.8, 4) is 0 Å². The lowest BCUT2D eigenvalue weighted by Crippen LogP contribution is -2.48. The topological polar surface area (TPSA) is 60.5 Å². The normalized spacial score (nSPS) is 24.1. The summed E-state index contributed by atoms with van der Waals surface area (Å²) in [6, 6.07) is 5.69. The Morgan fingerprint density at radius 2 is 2.18 bits per heavy atom. The Balaban J connectivity index is 2.12. The molecule has 2 rings (SSSR count). The maximum atomic E-state index is 12.5. The van der Waals surface area contributed by atoms with Crippen LogP contribution in [0.3, 0.4) is 0 Å². The van der Waals surface area contributed by atoms with Crippen LogP contribution in [0.4, 0.5) is 0 Å². The third-order valence-electron chi connectivity index (χ3n) is 3.45. The van der Waals surface area contributed by atoms with E-state index < -0.39 is 16.8 Å². The molecule has 0 bridgehead atoms. The van der Waals surface area contributed by atoms with Gasteiger partial charge in [0.25, 0.3) is 0 Å². The summed E-state index contributed by atoms with van der Waals surface area (Å²) in [4.78, 5) is 4.36. The summed E-state index contributed by atoms with van der Waals surface area (Å²) in [5.41, 5.74) is 0.944. The van der Waals surface area contributed by atoms with Gasteiger partial charge >= 0.3 is 0 Å². The molecule has 0 radical (unpaired) electrons. The van der Waals surface area contributed by atoms with Gasteiger partial charge < -0.3 is 9.47 Å². The Morgan fingerprint density at radius 1 is 1.45 bits per heavy atom. The van der Waals surface area contributed by atoms with Crippen molar-refractivity contribution in [2.75, 3.05) is 6.61 Å². The van der Waals surface area contributed by atoms with E-state index in [0.717, 1.165) is 5.69 Å². The van der Waals surface area contributed by atoms with Crippen LogP contribution in [-0.4, -0.2) is 38.5 Å². The minimum atomic E-state index is -1.18. The molecule has 1 aliphatic heterocycles. The zero-order chi connectivity index (χ0) is 16.4. The molecule has 0 aromatic carbocycles. The molecule has 1 N–H and O–H groups in total. The van der Waals surface area contributed by atoms with E-state index in [-0.39, 0.29) is 16.9 Å². The van der Waals surface area contributed by atoms with Gasteiger partial charge in [-0.3, -0.25) is 4.98 Å². The molecular weight excluding hydrogens is 300 g/mol. The van der Waals surface area contributed by atoms with E-state index in [1.165, 1.54) is 0 Å². The summed E-state index contributed by atoms with van der Waals surface area (Å²) >= 11 is 0. The maximum Gasteiger partial charge on any atom is 0.163 e. The second-order valence-corrected chi connectivity index (χ2v) is 9.00. The number of hydrogen-bond acceptors (Lipinski definition) is 4. The summed E-state index contributed by atoms with van der Waals surface area (Å²) < 4.78 is 26.9. The van der Waals surface area contributed by atoms with Crippen molar-refractivity contribution >= 4 is 11.0 Å². The fourth-order valence-electron chi connectivity index (χ4n) is 2.22. The molecule has 1 aromatic rings. The fraction of sp³-hybridized carbons (Fsp3) is 0.688. The molecule has 2 heterocycles. The van der Waals surface area contributed by atoms with Crippen LogP contribution in [-0.2, 0) is 26.9 Å². The molecule has 22 heavy (non-hydrogen) atoms. The SMILES string of the molecule is CC1(C)OC[C@H]([C@H](Cc2ccccn2)NS(=O)C(C)(C)C)O1. The van der Waals surface area contributed by atoms with Gasteiger partial charge in [-0.2, -0.15) is 0 Å². The zero-order valence-electron chi connectivity index (χ0n) is 14.0. The van der Waals surface area contributed by atoms with Crippen LogP contribution in [0, 0.1) is 0 Å². The summed E-state index contributed by atoms with van der Waals surface area (Å²) in [6.45, 7) is 10.1. The predicted molar refractivity (Wildman–Crippen MR) is 87.7 cm³/mol. The van der Waals surface area contributed by atoms with Gasteiger partial charge in [-0.15, -0.1) is 0 Å². The molecule has 3 atom stereocenters. The monoisotopic (exact) mass is 326 g/mol. The molecule has 0 saturated carbocycles. The number of nitrogens with one attached hydrogen (secondary N) is 1. The number of aromatic nitrogens is 1. The average molecular weight is 326 g/mol. The molecule has 0 aliphatic carbocycles. The van der Waals surface area contributed by atoms with E-state index in [1.54, 1.807) is 6.20 Å². The van der Waals surface area contributed by atoms with E-state index in [1.807, 2.05) is 52.8 Å². The maximum absolute atomic E-state index is 12.5. The van der Waals surface area contributed by atoms with Crippen LogP contribution in [0.25, 0.3) is 0 Å². The highest BCUT2D eigenvalue weighted by atomic mass is 32.2. The highest BCUT2D eigenvalue weighted by molar-refractivity contribution is 7.84. The molecule has 0 amide bonds. The van der Waals surface area contributed by atoms with Crippen molar-refractivity contribution in [3.63, 3.8) is 0 Å². The molecule has 5 nitrogen and oxygen atoms in total. The lowest BCUT2D eigenvalue weighted by molar-refractivity contribution is -0.141. The van der Waals surface area contributed by atoms with Gasteiger partial charge in [-0.25, -0.2) is 8.93 Å². The van der Waals surface area contributed by atoms with Gasteiger partial charge in [0.1, 0.15) is 6.10 Å². The van der Waals surface area contributed by atoms with Crippen molar-refractivity contribution in [1.29, 1.82) is 0 Å². The van der Waals surface area contributed by atoms with Crippen LogP contribution < -0.4 is 4.72 Å². The average Bonchev–Trinajstić information content (AvgIpc) is 2.78. The largest absolute Gasteiger partial charge is 0.348 e. The van der Waals surface area contributed by atoms with Gasteiger partial charge in [0.15, 0.2) is 5.79 Å². The van der Waals surface area contributed by atoms with Crippen LogP contribution in [0.1, 0.15) is 40.3 Å². The third kappa shape index (κ3) is 4.84. The Labute approximate surface area is 135 Å². The van der Waals surface area contributed by atoms with Crippen LogP contribution in [0.15, 0.2) is 24.4 Å². The first-order valence-corrected chi connectivity index (χ1v) is 8.72. The summed E-state index contributed by atoms with van der Waals surface area (Å²) in [5, 5.41) is 0. The fourth-order valence-corrected chi connectivity index (χ4v) is 3.08. The molecule has 124 valence electrons. The van der Waals surface area contributed by atoms with E-state index in [2.05, 4.69) is 9.71 Å². The summed E-state index contributed by atoms with van der Waals surface area (Å²) in [7, 11) is -1.18. The quantitative estimate of drug-likeness (QED) is 0.901. The van der Waals surface area contributed by atoms with Crippen molar-refractivity contribution < 1.29 is 13.7 Å². The van der Waals surface area contributed by atoms with Gasteiger partial charge in [-0.1, -0.05) is 6.07 Å². The van der Waals surface area contributed by atoms with E-state index in [0.29, 0.717) is 13.0 Å². The van der Waals surface area contributed by atoms with E-state index in [9.17, 15) is 4.21 Å². The third-order valence-corrected chi connectivity index (χ3v) is 5.08. The first-order valence-electron chi connectivity index (χ1n) is 7.57. The minimum Gasteiger partial charge on any atom is -0.348 e. The van der Waals surface area contributed by atoms with Crippen molar-refractivity contribution in [3.05, 3.63) is 30.1 Å². The van der Waals surface area contributed by atoms with Gasteiger partial charge in [-0.05, 0) is 46.8 Å². The van der Waals surface area contributed by atoms with Gasteiger partial charge in [0.2, 0.25) is 0 Å². The Morgan fingerprint density at radius 3 is 2.68 bits per heavy atom. The number of rotatable bonds is 5. The van der Waals surface area contributed by atoms with Crippen molar-refractivity contribution in [1.82, 2.24) is 9.71 Å². The predicted octanol–water partition coefficient (Wildman–Crippen LogP) is 2.20. The number of pyridine rings is 1. The molecule has 1 unspecified atom stereocenters. The van der Waals surface area contributed by atoms with Crippen LogP contribution >= 0.6 is 0 Å². The molecular formula is C16H26N2O3S. The van der Waals surface area contributed by atoms with E-state index in [4.69, 9.17) is 9.47 Å². The standard InChI is InChI=1S/C16H26N2O3S/c1-15(2,3)22(19)18-13(10-12-8-6-7-9-17-12)14-11-20-16(4,5)21-14/h6-9,13-14,18H,10-11H2,1-5H3/t13-,14+,22?/m0/s1. The molecule has 1 saturated heterocycles. The summed E-state index contributed by atoms with van der Waals surface area (Å²) in [5.74, 6) is -0.599. The van der Waals surface area contributed by atoms with Crippen molar-refractivity contribution in [2.45, 2.75) is 63.7 Å². The van der Waals surface area contributed by atoms with Crippen molar-refractivity contribution in [2.24, 2.45) is 0 Å². The lowest BCUT2D eigenvalue weighted by Gasteiger charge is -2.28. The molecule has 1 aromatic heterocycles. The molecule has 1 aliphatic rings. The van der Waals surface area contributed by atoms with E-state index >= 15 is 0 Å². The summed E-state index contributed by atoms with van der Waals surface area (Å²) in [6.07, 6.45) is 2.26. The highest BCUT2D eigenvalue weighted by Crippen LogP contribution is 2.26. The smallest absolute Gasteiger partial charge is 0.163 e. The molecule has 1 fully saturated rings. The minimum absolute atomic E-state index is 0.114. The second-order valence-electron chi connectivity index (χ2n) is 7.00. The first-order chi connectivity index (χ1) is 10.2. The Hall–Kier alpha value is -0.820. The number of hydrogen-bond donors (Lipinski definition) is 1. The molecule has 6 heteroatoms. The van der Waals surface area contributed by atoms with Gasteiger partial charge in [0.05, 0.1) is 28.4 Å². The van der Waals surface area contributed by atoms with Crippen LogP contribution in [0.2, 0.25) is 0 Å². The first kappa shape index (κ1) is 17.5. The highest BCUT2D eigenvalue weighted by Gasteiger charge is 2.39. The van der Waals surface area contributed by atoms with Crippen LogP contribution in [0.5, 0.6) is 0 Å². The zero-order valence-corrected chi connectivity index (χ0v) is 14.8. The molecule has 0 spiro atoms.